The first kappa shape index (κ1) is 19.4. The van der Waals surface area contributed by atoms with Gasteiger partial charge in [-0.2, -0.15) is 4.31 Å². The number of rotatable bonds is 5. The SMILES string of the molecule is CCS(=O)(=O)N1CCN(C(=O)c2ccc(NC(=O)C(C)C)cc2)CC1. The molecular weight excluding hydrogens is 342 g/mol. The molecule has 0 radical (unpaired) electrons. The number of hydrogen-bond acceptors (Lipinski definition) is 4. The second kappa shape index (κ2) is 7.97. The zero-order chi connectivity index (χ0) is 18.6. The summed E-state index contributed by atoms with van der Waals surface area (Å²) < 4.78 is 25.2. The van der Waals surface area contributed by atoms with Gasteiger partial charge >= 0.3 is 0 Å². The summed E-state index contributed by atoms with van der Waals surface area (Å²) in [5, 5.41) is 2.78. The Morgan fingerprint density at radius 2 is 1.64 bits per heavy atom. The Balaban J connectivity index is 1.97. The molecule has 0 aliphatic carbocycles. The number of carbonyl (C=O) groups is 2. The highest BCUT2D eigenvalue weighted by molar-refractivity contribution is 7.89. The van der Waals surface area contributed by atoms with Gasteiger partial charge in [-0.1, -0.05) is 13.8 Å². The van der Waals surface area contributed by atoms with Crippen LogP contribution in [0.2, 0.25) is 0 Å². The van der Waals surface area contributed by atoms with Crippen LogP contribution in [0, 0.1) is 5.92 Å². The van der Waals surface area contributed by atoms with Gasteiger partial charge in [0.15, 0.2) is 0 Å². The molecule has 25 heavy (non-hydrogen) atoms. The summed E-state index contributed by atoms with van der Waals surface area (Å²) in [5.41, 5.74) is 1.17. The van der Waals surface area contributed by atoms with E-state index < -0.39 is 10.0 Å². The smallest absolute Gasteiger partial charge is 0.253 e. The molecule has 0 unspecified atom stereocenters. The fourth-order valence-corrected chi connectivity index (χ4v) is 3.60. The Morgan fingerprint density at radius 3 is 2.12 bits per heavy atom. The fraction of sp³-hybridized carbons (Fsp3) is 0.529. The van der Waals surface area contributed by atoms with Gasteiger partial charge in [0.25, 0.3) is 5.91 Å². The predicted molar refractivity (Wildman–Crippen MR) is 96.8 cm³/mol. The topological polar surface area (TPSA) is 86.8 Å². The van der Waals surface area contributed by atoms with Crippen LogP contribution in [0.25, 0.3) is 0 Å². The van der Waals surface area contributed by atoms with E-state index in [0.717, 1.165) is 0 Å². The number of carbonyl (C=O) groups excluding carboxylic acids is 2. The molecule has 1 fully saturated rings. The maximum atomic E-state index is 12.5. The number of benzene rings is 1. The Bertz CT molecular complexity index is 721. The highest BCUT2D eigenvalue weighted by Gasteiger charge is 2.28. The molecule has 2 rings (SSSR count). The lowest BCUT2D eigenvalue weighted by molar-refractivity contribution is -0.118. The van der Waals surface area contributed by atoms with Crippen LogP contribution in [0.15, 0.2) is 24.3 Å². The van der Waals surface area contributed by atoms with E-state index >= 15 is 0 Å². The van der Waals surface area contributed by atoms with Crippen molar-refractivity contribution in [1.82, 2.24) is 9.21 Å². The Labute approximate surface area is 149 Å². The van der Waals surface area contributed by atoms with Crippen molar-refractivity contribution in [3.63, 3.8) is 0 Å². The summed E-state index contributed by atoms with van der Waals surface area (Å²) in [6.45, 7) is 6.65. The Kier molecular flexibility index (Phi) is 6.18. The van der Waals surface area contributed by atoms with Crippen molar-refractivity contribution in [3.8, 4) is 0 Å². The summed E-state index contributed by atoms with van der Waals surface area (Å²) in [4.78, 5) is 25.9. The standard InChI is InChI=1S/C17H25N3O4S/c1-4-25(23,24)20-11-9-19(10-12-20)17(22)14-5-7-15(8-6-14)18-16(21)13(2)3/h5-8,13H,4,9-12H2,1-3H3,(H,18,21). The van der Waals surface area contributed by atoms with Crippen LogP contribution < -0.4 is 5.32 Å². The van der Waals surface area contributed by atoms with Gasteiger partial charge in [0.2, 0.25) is 15.9 Å². The van der Waals surface area contributed by atoms with Crippen molar-refractivity contribution in [3.05, 3.63) is 29.8 Å². The second-order valence-electron chi connectivity index (χ2n) is 6.31. The molecule has 1 heterocycles. The quantitative estimate of drug-likeness (QED) is 0.852. The number of piperazine rings is 1. The molecule has 1 N–H and O–H groups in total. The molecule has 1 saturated heterocycles. The third-order valence-corrected chi connectivity index (χ3v) is 6.09. The molecule has 1 aromatic rings. The van der Waals surface area contributed by atoms with Crippen LogP contribution >= 0.6 is 0 Å². The van der Waals surface area contributed by atoms with E-state index in [1.54, 1.807) is 36.1 Å². The number of anilines is 1. The van der Waals surface area contributed by atoms with Crippen LogP contribution in [-0.4, -0.2) is 61.4 Å². The van der Waals surface area contributed by atoms with Crippen molar-refractivity contribution < 1.29 is 18.0 Å². The zero-order valence-electron chi connectivity index (χ0n) is 14.9. The monoisotopic (exact) mass is 367 g/mol. The average Bonchev–Trinajstić information content (AvgIpc) is 2.61. The predicted octanol–water partition coefficient (Wildman–Crippen LogP) is 1.39. The number of nitrogens with one attached hydrogen (secondary N) is 1. The Morgan fingerprint density at radius 1 is 1.08 bits per heavy atom. The first-order valence-electron chi connectivity index (χ1n) is 8.42. The zero-order valence-corrected chi connectivity index (χ0v) is 15.7. The summed E-state index contributed by atoms with van der Waals surface area (Å²) in [5.74, 6) is -0.246. The number of amides is 2. The van der Waals surface area contributed by atoms with Crippen molar-refractivity contribution >= 4 is 27.5 Å². The van der Waals surface area contributed by atoms with Crippen LogP contribution in [0.5, 0.6) is 0 Å². The number of sulfonamides is 1. The lowest BCUT2D eigenvalue weighted by Crippen LogP contribution is -2.50. The van der Waals surface area contributed by atoms with E-state index in [1.165, 1.54) is 4.31 Å². The molecule has 0 saturated carbocycles. The summed E-state index contributed by atoms with van der Waals surface area (Å²) in [6, 6.07) is 6.75. The van der Waals surface area contributed by atoms with Gasteiger partial charge in [0.1, 0.15) is 0 Å². The van der Waals surface area contributed by atoms with Gasteiger partial charge in [-0.05, 0) is 31.2 Å². The van der Waals surface area contributed by atoms with E-state index in [9.17, 15) is 18.0 Å². The number of nitrogens with zero attached hydrogens (tertiary/aromatic N) is 2. The van der Waals surface area contributed by atoms with E-state index in [1.807, 2.05) is 13.8 Å². The minimum atomic E-state index is -3.20. The van der Waals surface area contributed by atoms with E-state index in [0.29, 0.717) is 37.4 Å². The normalized spacial score (nSPS) is 16.1. The van der Waals surface area contributed by atoms with Crippen molar-refractivity contribution in [2.45, 2.75) is 20.8 Å². The van der Waals surface area contributed by atoms with Crippen LogP contribution in [-0.2, 0) is 14.8 Å². The van der Waals surface area contributed by atoms with Gasteiger partial charge < -0.3 is 10.2 Å². The van der Waals surface area contributed by atoms with E-state index in [4.69, 9.17) is 0 Å². The molecule has 1 aliphatic rings. The Hall–Kier alpha value is -1.93. The molecule has 138 valence electrons. The minimum Gasteiger partial charge on any atom is -0.336 e. The van der Waals surface area contributed by atoms with Gasteiger partial charge in [-0.25, -0.2) is 8.42 Å². The average molecular weight is 367 g/mol. The van der Waals surface area contributed by atoms with Crippen molar-refractivity contribution in [2.75, 3.05) is 37.2 Å². The highest BCUT2D eigenvalue weighted by Crippen LogP contribution is 2.15. The van der Waals surface area contributed by atoms with Crippen LogP contribution in [0.3, 0.4) is 0 Å². The molecule has 7 nitrogen and oxygen atoms in total. The van der Waals surface area contributed by atoms with Gasteiger partial charge in [-0.15, -0.1) is 0 Å². The third-order valence-electron chi connectivity index (χ3n) is 4.21. The molecule has 0 spiro atoms. The van der Waals surface area contributed by atoms with E-state index in [-0.39, 0.29) is 23.5 Å². The molecule has 1 aromatic carbocycles. The van der Waals surface area contributed by atoms with Crippen molar-refractivity contribution in [1.29, 1.82) is 0 Å². The second-order valence-corrected chi connectivity index (χ2v) is 8.57. The minimum absolute atomic E-state index is 0.0739. The molecule has 1 aliphatic heterocycles. The molecule has 0 aromatic heterocycles. The summed E-state index contributed by atoms with van der Waals surface area (Å²) in [6.07, 6.45) is 0. The molecule has 0 atom stereocenters. The lowest BCUT2D eigenvalue weighted by Gasteiger charge is -2.33. The maximum absolute atomic E-state index is 12.5. The molecule has 0 bridgehead atoms. The summed E-state index contributed by atoms with van der Waals surface area (Å²) >= 11 is 0. The largest absolute Gasteiger partial charge is 0.336 e. The van der Waals surface area contributed by atoms with Gasteiger partial charge in [0.05, 0.1) is 5.75 Å². The highest BCUT2D eigenvalue weighted by atomic mass is 32.2. The first-order valence-corrected chi connectivity index (χ1v) is 10.0. The lowest BCUT2D eigenvalue weighted by atomic mass is 10.1. The maximum Gasteiger partial charge on any atom is 0.253 e. The van der Waals surface area contributed by atoms with Crippen LogP contribution in [0.4, 0.5) is 5.69 Å². The van der Waals surface area contributed by atoms with Gasteiger partial charge in [0, 0.05) is 43.3 Å². The first-order chi connectivity index (χ1) is 11.7. The summed E-state index contributed by atoms with van der Waals surface area (Å²) in [7, 11) is -3.20. The third kappa shape index (κ3) is 4.79. The molecular formula is C17H25N3O4S. The fourth-order valence-electron chi connectivity index (χ4n) is 2.52. The van der Waals surface area contributed by atoms with Crippen LogP contribution in [0.1, 0.15) is 31.1 Å². The van der Waals surface area contributed by atoms with Gasteiger partial charge in [-0.3, -0.25) is 9.59 Å². The van der Waals surface area contributed by atoms with E-state index in [2.05, 4.69) is 5.32 Å². The molecule has 8 heteroatoms. The number of hydrogen-bond donors (Lipinski definition) is 1. The van der Waals surface area contributed by atoms with Crippen molar-refractivity contribution in [2.24, 2.45) is 5.92 Å². The molecule has 2 amide bonds.